The third-order valence-corrected chi connectivity index (χ3v) is 5.05. The fourth-order valence-corrected chi connectivity index (χ4v) is 3.25. The minimum Gasteiger partial charge on any atom is -0.507 e. The summed E-state index contributed by atoms with van der Waals surface area (Å²) in [6.45, 7) is 2.92. The number of likely N-dealkylation sites (tertiary alicyclic amines) is 1. The van der Waals surface area contributed by atoms with Crippen LogP contribution < -0.4 is 5.32 Å². The summed E-state index contributed by atoms with van der Waals surface area (Å²) in [5, 5.41) is 12.8. The zero-order valence-electron chi connectivity index (χ0n) is 13.4. The summed E-state index contributed by atoms with van der Waals surface area (Å²) in [6.07, 6.45) is 1.89. The summed E-state index contributed by atoms with van der Waals surface area (Å²) >= 11 is 3.22. The topological polar surface area (TPSA) is 52.6 Å². The Morgan fingerprint density at radius 2 is 1.88 bits per heavy atom. The highest BCUT2D eigenvalue weighted by molar-refractivity contribution is 9.10. The van der Waals surface area contributed by atoms with E-state index in [1.54, 1.807) is 12.1 Å². The van der Waals surface area contributed by atoms with Crippen molar-refractivity contribution in [2.75, 3.05) is 13.1 Å². The van der Waals surface area contributed by atoms with Crippen LogP contribution in [0.3, 0.4) is 0 Å². The first-order chi connectivity index (χ1) is 11.6. The Hall–Kier alpha value is -1.85. The number of hydrogen-bond acceptors (Lipinski definition) is 3. The summed E-state index contributed by atoms with van der Waals surface area (Å²) in [5.74, 6) is -0.0420. The summed E-state index contributed by atoms with van der Waals surface area (Å²) in [4.78, 5) is 14.7. The van der Waals surface area contributed by atoms with E-state index in [1.807, 2.05) is 6.07 Å². The van der Waals surface area contributed by atoms with Crippen LogP contribution in [-0.2, 0) is 6.54 Å². The van der Waals surface area contributed by atoms with Gasteiger partial charge in [-0.1, -0.05) is 30.3 Å². The molecule has 2 aromatic carbocycles. The fraction of sp³-hybridized carbons (Fsp3) is 0.316. The number of nitrogens with one attached hydrogen (secondary N) is 1. The van der Waals surface area contributed by atoms with Crippen molar-refractivity contribution in [3.63, 3.8) is 0 Å². The molecule has 0 aliphatic carbocycles. The molecule has 24 heavy (non-hydrogen) atoms. The van der Waals surface area contributed by atoms with Crippen molar-refractivity contribution in [1.82, 2.24) is 10.2 Å². The number of phenols is 1. The number of hydrogen-bond donors (Lipinski definition) is 2. The molecule has 0 unspecified atom stereocenters. The van der Waals surface area contributed by atoms with Gasteiger partial charge in [0, 0.05) is 31.2 Å². The minimum absolute atomic E-state index is 0.0836. The predicted molar refractivity (Wildman–Crippen MR) is 98.0 cm³/mol. The van der Waals surface area contributed by atoms with Crippen molar-refractivity contribution in [2.45, 2.75) is 25.4 Å². The van der Waals surface area contributed by atoms with Crippen LogP contribution in [0.15, 0.2) is 53.0 Å². The summed E-state index contributed by atoms with van der Waals surface area (Å²) in [7, 11) is 0. The maximum Gasteiger partial charge on any atom is 0.251 e. The number of benzene rings is 2. The molecule has 3 rings (SSSR count). The summed E-state index contributed by atoms with van der Waals surface area (Å²) in [5.41, 5.74) is 1.81. The average molecular weight is 389 g/mol. The second-order valence-corrected chi connectivity index (χ2v) is 7.03. The first-order valence-corrected chi connectivity index (χ1v) is 8.97. The third-order valence-electron chi connectivity index (χ3n) is 4.38. The number of phenolic OH excluding ortho intramolecular Hbond substituents is 1. The van der Waals surface area contributed by atoms with Gasteiger partial charge in [0.25, 0.3) is 5.91 Å². The molecule has 0 atom stereocenters. The maximum absolute atomic E-state index is 12.3. The van der Waals surface area contributed by atoms with E-state index in [0.29, 0.717) is 10.0 Å². The predicted octanol–water partition coefficient (Wildman–Crippen LogP) is 3.55. The van der Waals surface area contributed by atoms with Gasteiger partial charge < -0.3 is 10.4 Å². The molecule has 5 heteroatoms. The van der Waals surface area contributed by atoms with E-state index in [-0.39, 0.29) is 17.7 Å². The van der Waals surface area contributed by atoms with Gasteiger partial charge in [-0.15, -0.1) is 0 Å². The van der Waals surface area contributed by atoms with Crippen LogP contribution >= 0.6 is 15.9 Å². The molecule has 1 fully saturated rings. The quantitative estimate of drug-likeness (QED) is 0.841. The van der Waals surface area contributed by atoms with Gasteiger partial charge in [-0.05, 0) is 52.5 Å². The molecular formula is C19H21BrN2O2. The second kappa shape index (κ2) is 7.81. The highest BCUT2D eigenvalue weighted by atomic mass is 79.9. The Labute approximate surface area is 150 Å². The maximum atomic E-state index is 12.3. The first-order valence-electron chi connectivity index (χ1n) is 8.17. The van der Waals surface area contributed by atoms with Gasteiger partial charge in [-0.25, -0.2) is 0 Å². The van der Waals surface area contributed by atoms with Crippen LogP contribution in [0.5, 0.6) is 5.75 Å². The van der Waals surface area contributed by atoms with Gasteiger partial charge in [-0.3, -0.25) is 9.69 Å². The SMILES string of the molecule is O=C(NC1CCN(Cc2ccccc2)CC1)c1ccc(Br)c(O)c1. The van der Waals surface area contributed by atoms with E-state index in [4.69, 9.17) is 0 Å². The van der Waals surface area contributed by atoms with Crippen molar-refractivity contribution in [3.05, 3.63) is 64.1 Å². The van der Waals surface area contributed by atoms with Crippen LogP contribution in [0.4, 0.5) is 0 Å². The minimum atomic E-state index is -0.126. The van der Waals surface area contributed by atoms with Gasteiger partial charge in [0.15, 0.2) is 0 Å². The van der Waals surface area contributed by atoms with Gasteiger partial charge in [-0.2, -0.15) is 0 Å². The molecule has 0 radical (unpaired) electrons. The molecule has 1 amide bonds. The van der Waals surface area contributed by atoms with Crippen molar-refractivity contribution in [1.29, 1.82) is 0 Å². The second-order valence-electron chi connectivity index (χ2n) is 6.18. The zero-order chi connectivity index (χ0) is 16.9. The molecule has 0 bridgehead atoms. The Balaban J connectivity index is 1.50. The number of rotatable bonds is 4. The Morgan fingerprint density at radius 1 is 1.17 bits per heavy atom. The van der Waals surface area contributed by atoms with Crippen molar-refractivity contribution < 1.29 is 9.90 Å². The van der Waals surface area contributed by atoms with E-state index in [2.05, 4.69) is 50.4 Å². The monoisotopic (exact) mass is 388 g/mol. The number of piperidine rings is 1. The lowest BCUT2D eigenvalue weighted by Crippen LogP contribution is -2.44. The molecular weight excluding hydrogens is 368 g/mol. The van der Waals surface area contributed by atoms with Crippen LogP contribution in [-0.4, -0.2) is 35.0 Å². The third kappa shape index (κ3) is 4.36. The van der Waals surface area contributed by atoms with E-state index in [9.17, 15) is 9.90 Å². The van der Waals surface area contributed by atoms with Crippen molar-refractivity contribution in [3.8, 4) is 5.75 Å². The molecule has 4 nitrogen and oxygen atoms in total. The number of carbonyl (C=O) groups is 1. The lowest BCUT2D eigenvalue weighted by molar-refractivity contribution is 0.0908. The molecule has 0 saturated carbocycles. The fourth-order valence-electron chi connectivity index (χ4n) is 3.00. The molecule has 1 aliphatic heterocycles. The normalized spacial score (nSPS) is 16.0. The van der Waals surface area contributed by atoms with Crippen molar-refractivity contribution in [2.24, 2.45) is 0 Å². The lowest BCUT2D eigenvalue weighted by atomic mass is 10.0. The van der Waals surface area contributed by atoms with E-state index in [0.717, 1.165) is 32.5 Å². The molecule has 0 spiro atoms. The highest BCUT2D eigenvalue weighted by Crippen LogP contribution is 2.24. The number of amides is 1. The summed E-state index contributed by atoms with van der Waals surface area (Å²) < 4.78 is 0.591. The molecule has 1 aliphatic rings. The number of halogens is 1. The van der Waals surface area contributed by atoms with Crippen LogP contribution in [0.1, 0.15) is 28.8 Å². The first kappa shape index (κ1) is 17.0. The number of aromatic hydroxyl groups is 1. The van der Waals surface area contributed by atoms with Crippen LogP contribution in [0.25, 0.3) is 0 Å². The number of nitrogens with zero attached hydrogens (tertiary/aromatic N) is 1. The molecule has 1 heterocycles. The molecule has 0 aromatic heterocycles. The van der Waals surface area contributed by atoms with Crippen molar-refractivity contribution >= 4 is 21.8 Å². The van der Waals surface area contributed by atoms with E-state index >= 15 is 0 Å². The van der Waals surface area contributed by atoms with Gasteiger partial charge in [0.05, 0.1) is 4.47 Å². The lowest BCUT2D eigenvalue weighted by Gasteiger charge is -2.32. The van der Waals surface area contributed by atoms with Gasteiger partial charge in [0.2, 0.25) is 0 Å². The standard InChI is InChI=1S/C19H21BrN2O2/c20-17-7-6-15(12-18(17)23)19(24)21-16-8-10-22(11-9-16)13-14-4-2-1-3-5-14/h1-7,12,16,23H,8-11,13H2,(H,21,24). The van der Waals surface area contributed by atoms with Gasteiger partial charge in [0.1, 0.15) is 5.75 Å². The Kier molecular flexibility index (Phi) is 5.53. The molecule has 2 aromatic rings. The zero-order valence-corrected chi connectivity index (χ0v) is 15.0. The summed E-state index contributed by atoms with van der Waals surface area (Å²) in [6, 6.07) is 15.5. The number of carbonyl (C=O) groups excluding carboxylic acids is 1. The average Bonchev–Trinajstić information content (AvgIpc) is 2.60. The van der Waals surface area contributed by atoms with E-state index < -0.39 is 0 Å². The van der Waals surface area contributed by atoms with Gasteiger partial charge >= 0.3 is 0 Å². The van der Waals surface area contributed by atoms with Crippen LogP contribution in [0.2, 0.25) is 0 Å². The van der Waals surface area contributed by atoms with Crippen LogP contribution in [0, 0.1) is 0 Å². The molecule has 2 N–H and O–H groups in total. The Morgan fingerprint density at radius 3 is 2.54 bits per heavy atom. The smallest absolute Gasteiger partial charge is 0.251 e. The largest absolute Gasteiger partial charge is 0.507 e. The highest BCUT2D eigenvalue weighted by Gasteiger charge is 2.21. The molecule has 126 valence electrons. The van der Waals surface area contributed by atoms with E-state index in [1.165, 1.54) is 11.6 Å². The molecule has 1 saturated heterocycles. The Bertz CT molecular complexity index is 698.